The van der Waals surface area contributed by atoms with Gasteiger partial charge in [0.2, 0.25) is 0 Å². The fraction of sp³-hybridized carbons (Fsp3) is 0.294. The molecular weight excluding hydrogens is 282 g/mol. The molecule has 5 heteroatoms. The number of nitrogens with one attached hydrogen (secondary N) is 1. The number of rotatable bonds is 3. The molecular formula is C17H17NO4. The summed E-state index contributed by atoms with van der Waals surface area (Å²) in [5, 5.41) is 11.8. The Hall–Kier alpha value is -2.56. The SMILES string of the molecule is CC1CCc2ccccc2C1NC(=O)c1cc(C(=O)O)co1. The van der Waals surface area contributed by atoms with Crippen molar-refractivity contribution in [2.75, 3.05) is 0 Å². The highest BCUT2D eigenvalue weighted by molar-refractivity contribution is 5.95. The average Bonchev–Trinajstić information content (AvgIpc) is 3.00. The Labute approximate surface area is 127 Å². The van der Waals surface area contributed by atoms with Crippen LogP contribution in [0.4, 0.5) is 0 Å². The van der Waals surface area contributed by atoms with Gasteiger partial charge in [0.15, 0.2) is 5.76 Å². The number of amides is 1. The van der Waals surface area contributed by atoms with Gasteiger partial charge in [-0.25, -0.2) is 4.79 Å². The molecule has 1 aliphatic rings. The summed E-state index contributed by atoms with van der Waals surface area (Å²) >= 11 is 0. The standard InChI is InChI=1S/C17H17NO4/c1-10-6-7-11-4-2-3-5-13(11)15(10)18-16(19)14-8-12(9-22-14)17(20)21/h2-5,8-10,15H,6-7H2,1H3,(H,18,19)(H,20,21). The van der Waals surface area contributed by atoms with E-state index >= 15 is 0 Å². The summed E-state index contributed by atoms with van der Waals surface area (Å²) in [4.78, 5) is 23.2. The van der Waals surface area contributed by atoms with E-state index in [9.17, 15) is 9.59 Å². The molecule has 1 aliphatic carbocycles. The lowest BCUT2D eigenvalue weighted by Gasteiger charge is -2.31. The highest BCUT2D eigenvalue weighted by Crippen LogP contribution is 2.34. The Balaban J connectivity index is 1.82. The molecule has 2 N–H and O–H groups in total. The summed E-state index contributed by atoms with van der Waals surface area (Å²) in [6.45, 7) is 2.10. The van der Waals surface area contributed by atoms with Crippen LogP contribution in [0.1, 0.15) is 51.4 Å². The minimum Gasteiger partial charge on any atom is -0.478 e. The number of aromatic carboxylic acids is 1. The Morgan fingerprint density at radius 3 is 2.82 bits per heavy atom. The van der Waals surface area contributed by atoms with Gasteiger partial charge in [-0.15, -0.1) is 0 Å². The van der Waals surface area contributed by atoms with Crippen molar-refractivity contribution in [2.45, 2.75) is 25.8 Å². The second-order valence-electron chi connectivity index (χ2n) is 5.67. The van der Waals surface area contributed by atoms with Crippen LogP contribution in [0.2, 0.25) is 0 Å². The molecule has 1 aromatic carbocycles. The second kappa shape index (κ2) is 5.67. The van der Waals surface area contributed by atoms with Crippen molar-refractivity contribution < 1.29 is 19.1 Å². The van der Waals surface area contributed by atoms with Gasteiger partial charge in [0.25, 0.3) is 5.91 Å². The molecule has 114 valence electrons. The lowest BCUT2D eigenvalue weighted by Crippen LogP contribution is -2.35. The van der Waals surface area contributed by atoms with Gasteiger partial charge in [-0.1, -0.05) is 31.2 Å². The predicted octanol–water partition coefficient (Wildman–Crippen LogP) is 3.03. The number of carbonyl (C=O) groups is 2. The number of hydrogen-bond acceptors (Lipinski definition) is 3. The van der Waals surface area contributed by atoms with Crippen molar-refractivity contribution in [1.29, 1.82) is 0 Å². The Bertz CT molecular complexity index is 719. The first-order valence-corrected chi connectivity index (χ1v) is 7.26. The third-order valence-electron chi connectivity index (χ3n) is 4.19. The van der Waals surface area contributed by atoms with E-state index in [4.69, 9.17) is 9.52 Å². The Kier molecular flexibility index (Phi) is 3.71. The van der Waals surface area contributed by atoms with Gasteiger partial charge in [0.1, 0.15) is 6.26 Å². The Morgan fingerprint density at radius 2 is 2.09 bits per heavy atom. The molecule has 5 nitrogen and oxygen atoms in total. The maximum absolute atomic E-state index is 12.3. The topological polar surface area (TPSA) is 79.5 Å². The van der Waals surface area contributed by atoms with Gasteiger partial charge in [-0.2, -0.15) is 0 Å². The molecule has 1 aromatic heterocycles. The van der Waals surface area contributed by atoms with Crippen molar-refractivity contribution in [3.8, 4) is 0 Å². The van der Waals surface area contributed by atoms with Gasteiger partial charge < -0.3 is 14.8 Å². The summed E-state index contributed by atoms with van der Waals surface area (Å²) in [7, 11) is 0. The zero-order chi connectivity index (χ0) is 15.7. The third kappa shape index (κ3) is 2.62. The van der Waals surface area contributed by atoms with E-state index in [2.05, 4.69) is 18.3 Å². The normalized spacial score (nSPS) is 20.2. The molecule has 3 rings (SSSR count). The molecule has 1 amide bonds. The molecule has 1 heterocycles. The second-order valence-corrected chi connectivity index (χ2v) is 5.67. The van der Waals surface area contributed by atoms with Crippen LogP contribution in [0.3, 0.4) is 0 Å². The number of carboxylic acid groups (broad SMARTS) is 1. The number of aryl methyl sites for hydroxylation is 1. The van der Waals surface area contributed by atoms with Crippen molar-refractivity contribution >= 4 is 11.9 Å². The summed E-state index contributed by atoms with van der Waals surface area (Å²) in [6.07, 6.45) is 3.09. The fourth-order valence-corrected chi connectivity index (χ4v) is 2.92. The zero-order valence-electron chi connectivity index (χ0n) is 12.2. The van der Waals surface area contributed by atoms with E-state index in [0.29, 0.717) is 5.92 Å². The molecule has 2 aromatic rings. The summed E-state index contributed by atoms with van der Waals surface area (Å²) in [5.74, 6) is -1.17. The molecule has 0 bridgehead atoms. The number of carbonyl (C=O) groups excluding carboxylic acids is 1. The van der Waals surface area contributed by atoms with E-state index in [-0.39, 0.29) is 23.3 Å². The third-order valence-corrected chi connectivity index (χ3v) is 4.19. The van der Waals surface area contributed by atoms with Crippen LogP contribution in [0.15, 0.2) is 41.0 Å². The number of furan rings is 1. The van der Waals surface area contributed by atoms with Gasteiger partial charge in [-0.05, 0) is 29.9 Å². The molecule has 0 spiro atoms. The molecule has 2 unspecified atom stereocenters. The monoisotopic (exact) mass is 299 g/mol. The first-order chi connectivity index (χ1) is 10.6. The predicted molar refractivity (Wildman–Crippen MR) is 79.8 cm³/mol. The molecule has 0 saturated carbocycles. The smallest absolute Gasteiger partial charge is 0.338 e. The lowest BCUT2D eigenvalue weighted by molar-refractivity contribution is 0.0695. The zero-order valence-corrected chi connectivity index (χ0v) is 12.2. The summed E-state index contributed by atoms with van der Waals surface area (Å²) < 4.78 is 5.06. The quantitative estimate of drug-likeness (QED) is 0.913. The molecule has 0 aliphatic heterocycles. The fourth-order valence-electron chi connectivity index (χ4n) is 2.92. The van der Waals surface area contributed by atoms with Crippen LogP contribution in [-0.2, 0) is 6.42 Å². The van der Waals surface area contributed by atoms with Crippen LogP contribution in [-0.4, -0.2) is 17.0 Å². The number of hydrogen-bond donors (Lipinski definition) is 2. The van der Waals surface area contributed by atoms with Crippen LogP contribution in [0.25, 0.3) is 0 Å². The minimum absolute atomic E-state index is 0.0210. The number of carboxylic acids is 1. The maximum atomic E-state index is 12.3. The number of benzene rings is 1. The maximum Gasteiger partial charge on any atom is 0.338 e. The van der Waals surface area contributed by atoms with Crippen LogP contribution >= 0.6 is 0 Å². The molecule has 22 heavy (non-hydrogen) atoms. The van der Waals surface area contributed by atoms with Crippen molar-refractivity contribution in [1.82, 2.24) is 5.32 Å². The van der Waals surface area contributed by atoms with E-state index < -0.39 is 5.97 Å². The van der Waals surface area contributed by atoms with E-state index in [1.165, 1.54) is 11.6 Å². The summed E-state index contributed by atoms with van der Waals surface area (Å²) in [6, 6.07) is 9.23. The first kappa shape index (κ1) is 14.4. The van der Waals surface area contributed by atoms with Gasteiger partial charge >= 0.3 is 5.97 Å². The molecule has 0 fully saturated rings. The van der Waals surface area contributed by atoms with Crippen LogP contribution in [0, 0.1) is 5.92 Å². The van der Waals surface area contributed by atoms with Crippen molar-refractivity contribution in [2.24, 2.45) is 5.92 Å². The highest BCUT2D eigenvalue weighted by Gasteiger charge is 2.28. The van der Waals surface area contributed by atoms with Crippen molar-refractivity contribution in [3.05, 3.63) is 59.0 Å². The molecule has 0 saturated heterocycles. The van der Waals surface area contributed by atoms with E-state index in [1.807, 2.05) is 18.2 Å². The number of fused-ring (bicyclic) bond motifs is 1. The minimum atomic E-state index is -1.11. The average molecular weight is 299 g/mol. The van der Waals surface area contributed by atoms with Crippen LogP contribution in [0.5, 0.6) is 0 Å². The summed E-state index contributed by atoms with van der Waals surface area (Å²) in [5.41, 5.74) is 2.35. The van der Waals surface area contributed by atoms with Gasteiger partial charge in [0.05, 0.1) is 11.6 Å². The largest absolute Gasteiger partial charge is 0.478 e. The lowest BCUT2D eigenvalue weighted by atomic mass is 9.80. The van der Waals surface area contributed by atoms with Gasteiger partial charge in [0, 0.05) is 6.07 Å². The molecule has 0 radical (unpaired) electrons. The van der Waals surface area contributed by atoms with Gasteiger partial charge in [-0.3, -0.25) is 4.79 Å². The van der Waals surface area contributed by atoms with E-state index in [0.717, 1.165) is 24.7 Å². The van der Waals surface area contributed by atoms with E-state index in [1.54, 1.807) is 0 Å². The Morgan fingerprint density at radius 1 is 1.32 bits per heavy atom. The molecule has 2 atom stereocenters. The van der Waals surface area contributed by atoms with Crippen LogP contribution < -0.4 is 5.32 Å². The highest BCUT2D eigenvalue weighted by atomic mass is 16.4. The van der Waals surface area contributed by atoms with Crippen molar-refractivity contribution in [3.63, 3.8) is 0 Å². The first-order valence-electron chi connectivity index (χ1n) is 7.26.